The lowest BCUT2D eigenvalue weighted by atomic mass is 9.75. The van der Waals surface area contributed by atoms with Gasteiger partial charge in [0.15, 0.2) is 0 Å². The van der Waals surface area contributed by atoms with Crippen molar-refractivity contribution >= 4 is 0 Å². The van der Waals surface area contributed by atoms with Crippen LogP contribution in [0.15, 0.2) is 18.3 Å². The summed E-state index contributed by atoms with van der Waals surface area (Å²) in [6.45, 7) is 5.88. The smallest absolute Gasteiger partial charge is 0.0482 e. The van der Waals surface area contributed by atoms with Crippen LogP contribution in [0.1, 0.15) is 69.5 Å². The SMILES string of the molecule is CCCNC(C1CCCc2cccnc21)C1CCCC1C. The van der Waals surface area contributed by atoms with E-state index in [1.165, 1.54) is 56.2 Å². The first-order valence-corrected chi connectivity index (χ1v) is 8.98. The minimum atomic E-state index is 0.632. The maximum absolute atomic E-state index is 4.79. The lowest BCUT2D eigenvalue weighted by Crippen LogP contribution is -2.44. The molecule has 0 bridgehead atoms. The summed E-state index contributed by atoms with van der Waals surface area (Å²) in [7, 11) is 0. The van der Waals surface area contributed by atoms with Gasteiger partial charge in [0.2, 0.25) is 0 Å². The fraction of sp³-hybridized carbons (Fsp3) is 0.737. The quantitative estimate of drug-likeness (QED) is 0.872. The predicted octanol–water partition coefficient (Wildman–Crippen LogP) is 4.31. The van der Waals surface area contributed by atoms with Gasteiger partial charge in [0, 0.05) is 23.9 Å². The Hall–Kier alpha value is -0.890. The Morgan fingerprint density at radius 1 is 1.29 bits per heavy atom. The maximum atomic E-state index is 4.79. The van der Waals surface area contributed by atoms with Gasteiger partial charge in [0.25, 0.3) is 0 Å². The molecule has 0 aromatic carbocycles. The van der Waals surface area contributed by atoms with E-state index in [-0.39, 0.29) is 0 Å². The second kappa shape index (κ2) is 6.91. The Labute approximate surface area is 129 Å². The molecule has 4 unspecified atom stereocenters. The summed E-state index contributed by atoms with van der Waals surface area (Å²) in [5, 5.41) is 3.91. The van der Waals surface area contributed by atoms with E-state index in [2.05, 4.69) is 31.3 Å². The minimum absolute atomic E-state index is 0.632. The van der Waals surface area contributed by atoms with Gasteiger partial charge < -0.3 is 5.32 Å². The topological polar surface area (TPSA) is 24.9 Å². The molecule has 0 spiro atoms. The first-order chi connectivity index (χ1) is 10.3. The Morgan fingerprint density at radius 3 is 2.95 bits per heavy atom. The van der Waals surface area contributed by atoms with Crippen LogP contribution >= 0.6 is 0 Å². The van der Waals surface area contributed by atoms with Crippen LogP contribution in [0.2, 0.25) is 0 Å². The largest absolute Gasteiger partial charge is 0.313 e. The van der Waals surface area contributed by atoms with Gasteiger partial charge in [-0.05, 0) is 62.1 Å². The molecule has 1 saturated carbocycles. The average Bonchev–Trinajstić information content (AvgIpc) is 2.94. The Morgan fingerprint density at radius 2 is 2.19 bits per heavy atom. The summed E-state index contributed by atoms with van der Waals surface area (Å²) in [4.78, 5) is 4.79. The van der Waals surface area contributed by atoms with E-state index in [1.807, 2.05) is 6.20 Å². The fourth-order valence-electron chi connectivity index (χ4n) is 4.61. The van der Waals surface area contributed by atoms with Crippen molar-refractivity contribution in [2.45, 2.75) is 70.8 Å². The van der Waals surface area contributed by atoms with Crippen LogP contribution in [-0.4, -0.2) is 17.6 Å². The van der Waals surface area contributed by atoms with Gasteiger partial charge in [-0.15, -0.1) is 0 Å². The van der Waals surface area contributed by atoms with Crippen molar-refractivity contribution in [3.63, 3.8) is 0 Å². The lowest BCUT2D eigenvalue weighted by molar-refractivity contribution is 0.244. The highest BCUT2D eigenvalue weighted by Gasteiger charge is 2.38. The normalized spacial score (nSPS) is 30.1. The van der Waals surface area contributed by atoms with E-state index < -0.39 is 0 Å². The summed E-state index contributed by atoms with van der Waals surface area (Å²) in [6, 6.07) is 5.04. The molecule has 1 aromatic heterocycles. The van der Waals surface area contributed by atoms with Crippen molar-refractivity contribution in [2.24, 2.45) is 11.8 Å². The third-order valence-corrected chi connectivity index (χ3v) is 5.69. The van der Waals surface area contributed by atoms with Crippen molar-refractivity contribution in [2.75, 3.05) is 6.54 Å². The molecular formula is C19H30N2. The van der Waals surface area contributed by atoms with Crippen LogP contribution in [0.3, 0.4) is 0 Å². The number of aryl methyl sites for hydroxylation is 1. The number of nitrogens with one attached hydrogen (secondary N) is 1. The molecule has 2 aliphatic rings. The van der Waals surface area contributed by atoms with Gasteiger partial charge in [-0.3, -0.25) is 4.98 Å². The highest BCUT2D eigenvalue weighted by Crippen LogP contribution is 2.42. The molecule has 2 aliphatic carbocycles. The van der Waals surface area contributed by atoms with Crippen LogP contribution < -0.4 is 5.32 Å². The molecule has 2 heteroatoms. The van der Waals surface area contributed by atoms with E-state index in [4.69, 9.17) is 4.98 Å². The predicted molar refractivity (Wildman–Crippen MR) is 88.5 cm³/mol. The third-order valence-electron chi connectivity index (χ3n) is 5.69. The standard InChI is InChI=1S/C19H30N2/c1-3-12-20-19(16-10-4-7-14(16)2)17-11-5-8-15-9-6-13-21-18(15)17/h6,9,13-14,16-17,19-20H,3-5,7-8,10-12H2,1-2H3. The zero-order valence-electron chi connectivity index (χ0n) is 13.6. The van der Waals surface area contributed by atoms with E-state index in [0.29, 0.717) is 12.0 Å². The molecule has 0 saturated heterocycles. The van der Waals surface area contributed by atoms with Crippen molar-refractivity contribution in [3.8, 4) is 0 Å². The molecule has 1 heterocycles. The van der Waals surface area contributed by atoms with Gasteiger partial charge in [0.1, 0.15) is 0 Å². The highest BCUT2D eigenvalue weighted by molar-refractivity contribution is 5.27. The summed E-state index contributed by atoms with van der Waals surface area (Å²) < 4.78 is 0. The molecule has 0 aliphatic heterocycles. The first kappa shape index (κ1) is 15.0. The number of rotatable bonds is 5. The molecule has 1 N–H and O–H groups in total. The molecule has 1 aromatic rings. The minimum Gasteiger partial charge on any atom is -0.313 e. The monoisotopic (exact) mass is 286 g/mol. The van der Waals surface area contributed by atoms with Crippen molar-refractivity contribution in [1.29, 1.82) is 0 Å². The number of nitrogens with zero attached hydrogens (tertiary/aromatic N) is 1. The van der Waals surface area contributed by atoms with Crippen molar-refractivity contribution in [3.05, 3.63) is 29.6 Å². The second-order valence-electron chi connectivity index (χ2n) is 7.10. The van der Waals surface area contributed by atoms with Gasteiger partial charge in [0.05, 0.1) is 0 Å². The van der Waals surface area contributed by atoms with E-state index >= 15 is 0 Å². The first-order valence-electron chi connectivity index (χ1n) is 8.98. The van der Waals surface area contributed by atoms with Crippen LogP contribution in [0, 0.1) is 11.8 Å². The molecule has 0 amide bonds. The molecule has 1 fully saturated rings. The zero-order chi connectivity index (χ0) is 14.7. The van der Waals surface area contributed by atoms with Crippen molar-refractivity contribution < 1.29 is 0 Å². The van der Waals surface area contributed by atoms with Gasteiger partial charge >= 0.3 is 0 Å². The van der Waals surface area contributed by atoms with Crippen LogP contribution in [0.5, 0.6) is 0 Å². The van der Waals surface area contributed by atoms with E-state index in [1.54, 1.807) is 0 Å². The van der Waals surface area contributed by atoms with Crippen molar-refractivity contribution in [1.82, 2.24) is 10.3 Å². The van der Waals surface area contributed by atoms with Crippen LogP contribution in [-0.2, 0) is 6.42 Å². The number of fused-ring (bicyclic) bond motifs is 1. The summed E-state index contributed by atoms with van der Waals surface area (Å²) in [6.07, 6.45) is 11.3. The van der Waals surface area contributed by atoms with Gasteiger partial charge in [-0.25, -0.2) is 0 Å². The average molecular weight is 286 g/mol. The molecular weight excluding hydrogens is 256 g/mol. The summed E-state index contributed by atoms with van der Waals surface area (Å²) >= 11 is 0. The maximum Gasteiger partial charge on any atom is 0.0482 e. The molecule has 4 atom stereocenters. The van der Waals surface area contributed by atoms with E-state index in [0.717, 1.165) is 18.4 Å². The molecule has 3 rings (SSSR count). The fourth-order valence-corrected chi connectivity index (χ4v) is 4.61. The molecule has 21 heavy (non-hydrogen) atoms. The lowest BCUT2D eigenvalue weighted by Gasteiger charge is -2.37. The highest BCUT2D eigenvalue weighted by atomic mass is 14.9. The summed E-state index contributed by atoms with van der Waals surface area (Å²) in [5.74, 6) is 2.34. The number of pyridine rings is 1. The second-order valence-corrected chi connectivity index (χ2v) is 7.10. The Balaban J connectivity index is 1.86. The van der Waals surface area contributed by atoms with Crippen LogP contribution in [0.4, 0.5) is 0 Å². The molecule has 2 nitrogen and oxygen atoms in total. The number of hydrogen-bond donors (Lipinski definition) is 1. The molecule has 0 radical (unpaired) electrons. The van der Waals surface area contributed by atoms with Crippen LogP contribution in [0.25, 0.3) is 0 Å². The Kier molecular flexibility index (Phi) is 4.95. The number of aromatic nitrogens is 1. The zero-order valence-corrected chi connectivity index (χ0v) is 13.6. The van der Waals surface area contributed by atoms with E-state index in [9.17, 15) is 0 Å². The number of hydrogen-bond acceptors (Lipinski definition) is 2. The van der Waals surface area contributed by atoms with Gasteiger partial charge in [-0.2, -0.15) is 0 Å². The summed E-state index contributed by atoms with van der Waals surface area (Å²) in [5.41, 5.74) is 2.90. The third kappa shape index (κ3) is 3.15. The van der Waals surface area contributed by atoms with Gasteiger partial charge in [-0.1, -0.05) is 32.8 Å². The molecule has 116 valence electrons. The Bertz CT molecular complexity index is 457.